The maximum atomic E-state index is 12.2. The molecule has 110 valence electrons. The molecule has 0 amide bonds. The van der Waals surface area contributed by atoms with Gasteiger partial charge in [-0.15, -0.1) is 0 Å². The van der Waals surface area contributed by atoms with Crippen LogP contribution in [0.15, 0.2) is 24.5 Å². The van der Waals surface area contributed by atoms with Crippen molar-refractivity contribution in [3.05, 3.63) is 30.1 Å². The smallest absolute Gasteiger partial charge is 0.323 e. The van der Waals surface area contributed by atoms with Gasteiger partial charge in [-0.3, -0.25) is 14.6 Å². The normalized spacial score (nSPS) is 13.8. The fourth-order valence-electron chi connectivity index (χ4n) is 2.22. The monoisotopic (exact) mass is 279 g/mol. The Balaban J connectivity index is 2.98. The van der Waals surface area contributed by atoms with Gasteiger partial charge < -0.3 is 9.84 Å². The molecule has 1 aromatic rings. The number of carboxylic acids is 1. The summed E-state index contributed by atoms with van der Waals surface area (Å²) < 4.78 is 4.98. The summed E-state index contributed by atoms with van der Waals surface area (Å²) in [5.41, 5.74) is -0.602. The van der Waals surface area contributed by atoms with Crippen molar-refractivity contribution in [3.63, 3.8) is 0 Å². The molecule has 0 radical (unpaired) electrons. The third-order valence-corrected chi connectivity index (χ3v) is 3.54. The first kappa shape index (κ1) is 16.1. The molecule has 0 bridgehead atoms. The van der Waals surface area contributed by atoms with Crippen molar-refractivity contribution in [3.8, 4) is 0 Å². The van der Waals surface area contributed by atoms with E-state index in [0.717, 1.165) is 5.56 Å². The van der Waals surface area contributed by atoms with E-state index in [2.05, 4.69) is 4.98 Å². The predicted octanol–water partition coefficient (Wildman–Crippen LogP) is 2.30. The summed E-state index contributed by atoms with van der Waals surface area (Å²) in [5, 5.41) is 9.55. The first-order valence-electron chi connectivity index (χ1n) is 6.74. The second kappa shape index (κ2) is 7.03. The van der Waals surface area contributed by atoms with Gasteiger partial charge in [-0.2, -0.15) is 0 Å². The maximum Gasteiger partial charge on any atom is 0.323 e. The number of aliphatic carboxylic acids is 1. The number of hydrogen-bond donors (Lipinski definition) is 1. The number of hydrogen-bond acceptors (Lipinski definition) is 4. The first-order chi connectivity index (χ1) is 9.45. The predicted molar refractivity (Wildman–Crippen MR) is 74.1 cm³/mol. The number of carboxylic acid groups (broad SMARTS) is 1. The zero-order valence-electron chi connectivity index (χ0n) is 12.1. The summed E-state index contributed by atoms with van der Waals surface area (Å²) in [6.07, 6.45) is 4.00. The van der Waals surface area contributed by atoms with Crippen LogP contribution in [-0.4, -0.2) is 28.6 Å². The number of nitrogens with zero attached hydrogens (tertiary/aromatic N) is 1. The van der Waals surface area contributed by atoms with Crippen LogP contribution in [0.4, 0.5) is 0 Å². The Bertz CT molecular complexity index is 458. The van der Waals surface area contributed by atoms with Crippen LogP contribution < -0.4 is 0 Å². The molecule has 0 aromatic carbocycles. The highest BCUT2D eigenvalue weighted by Gasteiger charge is 2.49. The molecule has 5 heteroatoms. The molecule has 1 unspecified atom stereocenters. The highest BCUT2D eigenvalue weighted by atomic mass is 16.5. The van der Waals surface area contributed by atoms with Crippen molar-refractivity contribution in [2.24, 2.45) is 11.3 Å². The molecule has 0 aliphatic carbocycles. The van der Waals surface area contributed by atoms with Crippen LogP contribution in [0.3, 0.4) is 0 Å². The zero-order chi connectivity index (χ0) is 15.2. The Morgan fingerprint density at radius 1 is 1.45 bits per heavy atom. The molecule has 20 heavy (non-hydrogen) atoms. The Labute approximate surface area is 119 Å². The van der Waals surface area contributed by atoms with Gasteiger partial charge in [0.1, 0.15) is 0 Å². The lowest BCUT2D eigenvalue weighted by molar-refractivity contribution is -0.173. The van der Waals surface area contributed by atoms with Gasteiger partial charge >= 0.3 is 11.9 Å². The van der Waals surface area contributed by atoms with Gasteiger partial charge in [0, 0.05) is 12.4 Å². The molecule has 0 aliphatic rings. The van der Waals surface area contributed by atoms with Crippen LogP contribution in [0, 0.1) is 11.3 Å². The number of carbonyl (C=O) groups excluding carboxylic acids is 1. The van der Waals surface area contributed by atoms with Crippen LogP contribution in [0.2, 0.25) is 0 Å². The van der Waals surface area contributed by atoms with Crippen molar-refractivity contribution in [2.75, 3.05) is 6.61 Å². The first-order valence-corrected chi connectivity index (χ1v) is 6.74. The topological polar surface area (TPSA) is 76.5 Å². The highest BCUT2D eigenvalue weighted by Crippen LogP contribution is 2.35. The standard InChI is InChI=1S/C15H21NO4/c1-4-20-14(19)15(11(2)3,13(17)18)8-7-12-6-5-9-16-10-12/h5-6,9-11H,4,7-8H2,1-3H3,(H,17,18). The molecule has 0 saturated carbocycles. The second-order valence-corrected chi connectivity index (χ2v) is 5.01. The average molecular weight is 279 g/mol. The second-order valence-electron chi connectivity index (χ2n) is 5.01. The van der Waals surface area contributed by atoms with E-state index in [1.54, 1.807) is 39.2 Å². The van der Waals surface area contributed by atoms with Crippen molar-refractivity contribution in [1.29, 1.82) is 0 Å². The number of pyridine rings is 1. The van der Waals surface area contributed by atoms with Crippen LogP contribution in [0.25, 0.3) is 0 Å². The molecular weight excluding hydrogens is 258 g/mol. The van der Waals surface area contributed by atoms with Crippen molar-refractivity contribution < 1.29 is 19.4 Å². The number of carbonyl (C=O) groups is 2. The minimum atomic E-state index is -1.51. The molecule has 5 nitrogen and oxygen atoms in total. The summed E-state index contributed by atoms with van der Waals surface area (Å²) in [5.74, 6) is -2.14. The number of rotatable bonds is 7. The average Bonchev–Trinajstić information content (AvgIpc) is 2.40. The number of aromatic nitrogens is 1. The largest absolute Gasteiger partial charge is 0.480 e. The van der Waals surface area contributed by atoms with E-state index in [4.69, 9.17) is 4.74 Å². The third-order valence-electron chi connectivity index (χ3n) is 3.54. The van der Waals surface area contributed by atoms with E-state index in [-0.39, 0.29) is 18.9 Å². The molecule has 1 N–H and O–H groups in total. The Morgan fingerprint density at radius 2 is 2.15 bits per heavy atom. The van der Waals surface area contributed by atoms with Crippen LogP contribution in [-0.2, 0) is 20.7 Å². The quantitative estimate of drug-likeness (QED) is 0.612. The summed E-state index contributed by atoms with van der Waals surface area (Å²) in [7, 11) is 0. The number of ether oxygens (including phenoxy) is 1. The molecule has 1 aromatic heterocycles. The fourth-order valence-corrected chi connectivity index (χ4v) is 2.22. The van der Waals surface area contributed by atoms with E-state index in [0.29, 0.717) is 6.42 Å². The van der Waals surface area contributed by atoms with E-state index in [1.807, 2.05) is 6.07 Å². The van der Waals surface area contributed by atoms with Crippen LogP contribution >= 0.6 is 0 Å². The number of aryl methyl sites for hydroxylation is 1. The molecular formula is C15H21NO4. The van der Waals surface area contributed by atoms with Crippen molar-refractivity contribution in [1.82, 2.24) is 4.98 Å². The molecule has 1 heterocycles. The minimum absolute atomic E-state index is 0.174. The summed E-state index contributed by atoms with van der Waals surface area (Å²) in [6.45, 7) is 5.31. The highest BCUT2D eigenvalue weighted by molar-refractivity contribution is 5.99. The lowest BCUT2D eigenvalue weighted by Gasteiger charge is -2.30. The fraction of sp³-hybridized carbons (Fsp3) is 0.533. The van der Waals surface area contributed by atoms with Gasteiger partial charge in [0.15, 0.2) is 5.41 Å². The summed E-state index contributed by atoms with van der Waals surface area (Å²) in [6, 6.07) is 3.66. The van der Waals surface area contributed by atoms with Gasteiger partial charge in [-0.25, -0.2) is 0 Å². The summed E-state index contributed by atoms with van der Waals surface area (Å²) >= 11 is 0. The van der Waals surface area contributed by atoms with E-state index in [1.165, 1.54) is 0 Å². The van der Waals surface area contributed by atoms with E-state index < -0.39 is 17.4 Å². The van der Waals surface area contributed by atoms with Gasteiger partial charge in [0.25, 0.3) is 0 Å². The maximum absolute atomic E-state index is 12.2. The Kier molecular flexibility index (Phi) is 5.67. The zero-order valence-corrected chi connectivity index (χ0v) is 12.1. The van der Waals surface area contributed by atoms with Gasteiger partial charge in [-0.1, -0.05) is 19.9 Å². The van der Waals surface area contributed by atoms with Gasteiger partial charge in [-0.05, 0) is 37.3 Å². The molecule has 0 fully saturated rings. The molecule has 0 spiro atoms. The number of esters is 1. The summed E-state index contributed by atoms with van der Waals surface area (Å²) in [4.78, 5) is 27.8. The minimum Gasteiger partial charge on any atom is -0.480 e. The van der Waals surface area contributed by atoms with Crippen LogP contribution in [0.1, 0.15) is 32.8 Å². The van der Waals surface area contributed by atoms with Crippen molar-refractivity contribution in [2.45, 2.75) is 33.6 Å². The molecule has 0 saturated heterocycles. The molecule has 1 rings (SSSR count). The Morgan fingerprint density at radius 3 is 2.60 bits per heavy atom. The van der Waals surface area contributed by atoms with Crippen LogP contribution in [0.5, 0.6) is 0 Å². The molecule has 1 atom stereocenters. The van der Waals surface area contributed by atoms with Gasteiger partial charge in [0.2, 0.25) is 0 Å². The lowest BCUT2D eigenvalue weighted by atomic mass is 9.73. The lowest BCUT2D eigenvalue weighted by Crippen LogP contribution is -2.45. The van der Waals surface area contributed by atoms with Crippen molar-refractivity contribution >= 4 is 11.9 Å². The Hall–Kier alpha value is -1.91. The SMILES string of the molecule is CCOC(=O)C(CCc1cccnc1)(C(=O)O)C(C)C. The van der Waals surface area contributed by atoms with E-state index in [9.17, 15) is 14.7 Å². The molecule has 0 aliphatic heterocycles. The van der Waals surface area contributed by atoms with Gasteiger partial charge in [0.05, 0.1) is 6.61 Å². The van der Waals surface area contributed by atoms with E-state index >= 15 is 0 Å². The third kappa shape index (κ3) is 3.35.